The molecular formula is C22H18FNO2. The maximum absolute atomic E-state index is 13.3. The van der Waals surface area contributed by atoms with Crippen molar-refractivity contribution >= 4 is 10.9 Å². The van der Waals surface area contributed by atoms with Crippen LogP contribution in [0.3, 0.4) is 0 Å². The second-order valence-electron chi connectivity index (χ2n) is 6.43. The lowest BCUT2D eigenvalue weighted by Crippen LogP contribution is -2.02. The molecule has 0 bridgehead atoms. The highest BCUT2D eigenvalue weighted by molar-refractivity contribution is 5.92. The van der Waals surface area contributed by atoms with E-state index in [4.69, 9.17) is 0 Å². The first-order chi connectivity index (χ1) is 12.5. The van der Waals surface area contributed by atoms with E-state index in [9.17, 15) is 14.6 Å². The van der Waals surface area contributed by atoms with Crippen LogP contribution in [0, 0.1) is 12.7 Å². The third kappa shape index (κ3) is 2.80. The molecular weight excluding hydrogens is 329 g/mol. The summed E-state index contributed by atoms with van der Waals surface area (Å²) in [5.74, 6) is 0.174. The van der Waals surface area contributed by atoms with Gasteiger partial charge in [-0.3, -0.25) is 0 Å². The summed E-state index contributed by atoms with van der Waals surface area (Å²) >= 11 is 0. The van der Waals surface area contributed by atoms with Crippen molar-refractivity contribution in [3.8, 4) is 22.8 Å². The lowest BCUT2D eigenvalue weighted by Gasteiger charge is -2.12. The van der Waals surface area contributed by atoms with E-state index in [1.165, 1.54) is 12.1 Å². The highest BCUT2D eigenvalue weighted by atomic mass is 19.1. The molecule has 0 aliphatic rings. The van der Waals surface area contributed by atoms with Crippen LogP contribution in [0.15, 0.2) is 66.7 Å². The SMILES string of the molecule is Cc1c(-c2ccc(O)cc2)n(Cc2ccc(F)cc2)c2ccc(O)cc12. The zero-order valence-corrected chi connectivity index (χ0v) is 14.3. The molecule has 0 fully saturated rings. The lowest BCUT2D eigenvalue weighted by molar-refractivity contribution is 0.475. The van der Waals surface area contributed by atoms with Crippen molar-refractivity contribution in [1.29, 1.82) is 0 Å². The number of aromatic nitrogens is 1. The molecule has 0 atom stereocenters. The number of hydrogen-bond donors (Lipinski definition) is 2. The molecule has 4 heteroatoms. The molecule has 0 unspecified atom stereocenters. The van der Waals surface area contributed by atoms with Gasteiger partial charge in [-0.15, -0.1) is 0 Å². The molecule has 3 nitrogen and oxygen atoms in total. The second kappa shape index (κ2) is 6.23. The number of aryl methyl sites for hydroxylation is 1. The highest BCUT2D eigenvalue weighted by Crippen LogP contribution is 2.36. The summed E-state index contributed by atoms with van der Waals surface area (Å²) in [5.41, 5.74) is 5.00. The van der Waals surface area contributed by atoms with Gasteiger partial charge in [-0.1, -0.05) is 12.1 Å². The smallest absolute Gasteiger partial charge is 0.123 e. The molecule has 2 N–H and O–H groups in total. The third-order valence-electron chi connectivity index (χ3n) is 4.69. The summed E-state index contributed by atoms with van der Waals surface area (Å²) in [6.07, 6.45) is 0. The lowest BCUT2D eigenvalue weighted by atomic mass is 10.1. The highest BCUT2D eigenvalue weighted by Gasteiger charge is 2.16. The van der Waals surface area contributed by atoms with E-state index in [0.717, 1.165) is 33.3 Å². The van der Waals surface area contributed by atoms with Crippen LogP contribution in [0.25, 0.3) is 22.2 Å². The molecule has 4 rings (SSSR count). The van der Waals surface area contributed by atoms with Crippen molar-refractivity contribution in [3.63, 3.8) is 0 Å². The maximum atomic E-state index is 13.3. The topological polar surface area (TPSA) is 45.4 Å². The Morgan fingerprint density at radius 3 is 2.19 bits per heavy atom. The largest absolute Gasteiger partial charge is 0.508 e. The van der Waals surface area contributed by atoms with E-state index >= 15 is 0 Å². The number of phenolic OH excluding ortho intramolecular Hbond substituents is 2. The molecule has 130 valence electrons. The fourth-order valence-corrected chi connectivity index (χ4v) is 3.44. The number of hydrogen-bond acceptors (Lipinski definition) is 2. The van der Waals surface area contributed by atoms with Gasteiger partial charge < -0.3 is 14.8 Å². The number of aromatic hydroxyl groups is 2. The summed E-state index contributed by atoms with van der Waals surface area (Å²) in [6.45, 7) is 2.59. The van der Waals surface area contributed by atoms with E-state index in [0.29, 0.717) is 6.54 Å². The van der Waals surface area contributed by atoms with E-state index in [2.05, 4.69) is 4.57 Å². The van der Waals surface area contributed by atoms with Gasteiger partial charge in [0.15, 0.2) is 0 Å². The summed E-state index contributed by atoms with van der Waals surface area (Å²) in [7, 11) is 0. The number of fused-ring (bicyclic) bond motifs is 1. The predicted molar refractivity (Wildman–Crippen MR) is 101 cm³/mol. The van der Waals surface area contributed by atoms with Crippen molar-refractivity contribution in [2.45, 2.75) is 13.5 Å². The molecule has 1 aromatic heterocycles. The summed E-state index contributed by atoms with van der Waals surface area (Å²) in [6, 6.07) is 18.9. The van der Waals surface area contributed by atoms with E-state index in [-0.39, 0.29) is 17.3 Å². The molecule has 0 spiro atoms. The summed E-state index contributed by atoms with van der Waals surface area (Å²) in [4.78, 5) is 0. The van der Waals surface area contributed by atoms with E-state index in [1.54, 1.807) is 36.4 Å². The second-order valence-corrected chi connectivity index (χ2v) is 6.43. The normalized spacial score (nSPS) is 11.2. The zero-order chi connectivity index (χ0) is 18.3. The summed E-state index contributed by atoms with van der Waals surface area (Å²) < 4.78 is 15.4. The minimum absolute atomic E-state index is 0.213. The van der Waals surface area contributed by atoms with Crippen molar-refractivity contribution < 1.29 is 14.6 Å². The van der Waals surface area contributed by atoms with Gasteiger partial charge in [-0.05, 0) is 78.2 Å². The first-order valence-electron chi connectivity index (χ1n) is 8.38. The number of rotatable bonds is 3. The van der Waals surface area contributed by atoms with Gasteiger partial charge in [-0.25, -0.2) is 4.39 Å². The van der Waals surface area contributed by atoms with Gasteiger partial charge in [0, 0.05) is 17.4 Å². The minimum Gasteiger partial charge on any atom is -0.508 e. The van der Waals surface area contributed by atoms with Crippen LogP contribution in [-0.2, 0) is 6.54 Å². The predicted octanol–water partition coefficient (Wildman–Crippen LogP) is 5.22. The van der Waals surface area contributed by atoms with Crippen LogP contribution in [0.2, 0.25) is 0 Å². The van der Waals surface area contributed by atoms with Crippen molar-refractivity contribution in [1.82, 2.24) is 4.57 Å². The van der Waals surface area contributed by atoms with E-state index in [1.807, 2.05) is 25.1 Å². The molecule has 0 saturated heterocycles. The maximum Gasteiger partial charge on any atom is 0.123 e. The zero-order valence-electron chi connectivity index (χ0n) is 14.3. The molecule has 3 aromatic carbocycles. The Bertz CT molecular complexity index is 1080. The van der Waals surface area contributed by atoms with Gasteiger partial charge in [0.25, 0.3) is 0 Å². The van der Waals surface area contributed by atoms with Gasteiger partial charge >= 0.3 is 0 Å². The van der Waals surface area contributed by atoms with E-state index < -0.39 is 0 Å². The van der Waals surface area contributed by atoms with Crippen LogP contribution in [-0.4, -0.2) is 14.8 Å². The van der Waals surface area contributed by atoms with Crippen LogP contribution in [0.5, 0.6) is 11.5 Å². The Hall–Kier alpha value is -3.27. The molecule has 4 aromatic rings. The Kier molecular flexibility index (Phi) is 3.88. The van der Waals surface area contributed by atoms with Crippen molar-refractivity contribution in [2.75, 3.05) is 0 Å². The summed E-state index contributed by atoms with van der Waals surface area (Å²) in [5, 5.41) is 20.5. The van der Waals surface area contributed by atoms with Gasteiger partial charge in [-0.2, -0.15) is 0 Å². The van der Waals surface area contributed by atoms with Gasteiger partial charge in [0.2, 0.25) is 0 Å². The molecule has 26 heavy (non-hydrogen) atoms. The van der Waals surface area contributed by atoms with Crippen LogP contribution in [0.4, 0.5) is 4.39 Å². The molecule has 0 saturated carbocycles. The Morgan fingerprint density at radius 1 is 0.846 bits per heavy atom. The Morgan fingerprint density at radius 2 is 1.50 bits per heavy atom. The third-order valence-corrected chi connectivity index (χ3v) is 4.69. The first-order valence-corrected chi connectivity index (χ1v) is 8.38. The van der Waals surface area contributed by atoms with Gasteiger partial charge in [0.1, 0.15) is 17.3 Å². The fraction of sp³-hybridized carbons (Fsp3) is 0.0909. The fourth-order valence-electron chi connectivity index (χ4n) is 3.44. The quantitative estimate of drug-likeness (QED) is 0.534. The first kappa shape index (κ1) is 16.2. The minimum atomic E-state index is -0.258. The monoisotopic (exact) mass is 347 g/mol. The molecule has 0 aliphatic carbocycles. The van der Waals surface area contributed by atoms with Crippen LogP contribution in [0.1, 0.15) is 11.1 Å². The molecule has 0 aliphatic heterocycles. The average molecular weight is 347 g/mol. The molecule has 0 radical (unpaired) electrons. The standard InChI is InChI=1S/C22H18FNO2/c1-14-20-12-19(26)10-11-21(20)24(13-15-2-6-17(23)7-3-15)22(14)16-4-8-18(25)9-5-16/h2-12,25-26H,13H2,1H3. The van der Waals surface area contributed by atoms with Gasteiger partial charge in [0.05, 0.1) is 5.69 Å². The number of nitrogens with zero attached hydrogens (tertiary/aromatic N) is 1. The van der Waals surface area contributed by atoms with Crippen LogP contribution < -0.4 is 0 Å². The van der Waals surface area contributed by atoms with Crippen LogP contribution >= 0.6 is 0 Å². The Balaban J connectivity index is 1.94. The average Bonchev–Trinajstić information content (AvgIpc) is 2.89. The number of halogens is 1. The van der Waals surface area contributed by atoms with Crippen molar-refractivity contribution in [3.05, 3.63) is 83.7 Å². The Labute approximate surface area is 150 Å². The molecule has 0 amide bonds. The number of benzene rings is 3. The number of phenols is 2. The van der Waals surface area contributed by atoms with Crippen molar-refractivity contribution in [2.24, 2.45) is 0 Å². The molecule has 1 heterocycles.